The zero-order valence-corrected chi connectivity index (χ0v) is 14.3. The maximum absolute atomic E-state index is 12.7. The van der Waals surface area contributed by atoms with E-state index in [4.69, 9.17) is 10.00 Å². The van der Waals surface area contributed by atoms with E-state index < -0.39 is 15.9 Å². The second-order valence-electron chi connectivity index (χ2n) is 5.73. The Balaban J connectivity index is 2.07. The first-order valence-corrected chi connectivity index (χ1v) is 9.47. The molecule has 2 rings (SSSR count). The molecule has 0 bridgehead atoms. The van der Waals surface area contributed by atoms with Gasteiger partial charge in [-0.2, -0.15) is 5.26 Å². The Hall–Kier alpha value is -2.33. The number of ether oxygens (including phenoxy) is 1. The fourth-order valence-electron chi connectivity index (χ4n) is 2.68. The molecule has 2 atom stereocenters. The van der Waals surface area contributed by atoms with Gasteiger partial charge in [-0.25, -0.2) is 8.42 Å². The molecule has 128 valence electrons. The summed E-state index contributed by atoms with van der Waals surface area (Å²) in [5.74, 6) is 0.286. The van der Waals surface area contributed by atoms with Crippen LogP contribution in [0.15, 0.2) is 36.9 Å². The zero-order valence-electron chi connectivity index (χ0n) is 13.5. The van der Waals surface area contributed by atoms with Gasteiger partial charge in [-0.1, -0.05) is 6.08 Å². The smallest absolute Gasteiger partial charge is 0.263 e. The van der Waals surface area contributed by atoms with E-state index in [2.05, 4.69) is 6.58 Å². The molecule has 1 heterocycles. The van der Waals surface area contributed by atoms with E-state index in [1.165, 1.54) is 4.90 Å². The van der Waals surface area contributed by atoms with E-state index in [9.17, 15) is 13.2 Å². The zero-order chi connectivity index (χ0) is 17.7. The summed E-state index contributed by atoms with van der Waals surface area (Å²) in [5.41, 5.74) is 0.505. The minimum absolute atomic E-state index is 0.0177. The predicted octanol–water partition coefficient (Wildman–Crippen LogP) is 1.53. The average molecular weight is 348 g/mol. The van der Waals surface area contributed by atoms with Gasteiger partial charge >= 0.3 is 0 Å². The quantitative estimate of drug-likeness (QED) is 0.728. The molecule has 1 aliphatic heterocycles. The van der Waals surface area contributed by atoms with Crippen molar-refractivity contribution in [3.8, 4) is 11.8 Å². The molecule has 0 unspecified atom stereocenters. The van der Waals surface area contributed by atoms with Gasteiger partial charge in [-0.15, -0.1) is 6.58 Å². The van der Waals surface area contributed by atoms with E-state index in [1.807, 2.05) is 6.07 Å². The number of amides is 1. The molecule has 1 saturated heterocycles. The van der Waals surface area contributed by atoms with Crippen LogP contribution in [0.2, 0.25) is 0 Å². The number of benzene rings is 1. The predicted molar refractivity (Wildman–Crippen MR) is 90.2 cm³/mol. The van der Waals surface area contributed by atoms with Crippen LogP contribution < -0.4 is 4.74 Å². The third kappa shape index (κ3) is 4.36. The standard InChI is InChI=1S/C17H20N2O4S/c1-3-9-19(15-8-10-24(21,22)12-15)17(20)13(2)23-16-6-4-14(11-18)5-7-16/h3-7,13,15H,1,8-10,12H2,2H3/t13-,15+/m1/s1. The van der Waals surface area contributed by atoms with Crippen LogP contribution in [0.25, 0.3) is 0 Å². The van der Waals surface area contributed by atoms with E-state index in [-0.39, 0.29) is 30.0 Å². The van der Waals surface area contributed by atoms with E-state index in [1.54, 1.807) is 37.3 Å². The lowest BCUT2D eigenvalue weighted by molar-refractivity contribution is -0.139. The Morgan fingerprint density at radius 2 is 2.17 bits per heavy atom. The van der Waals surface area contributed by atoms with Gasteiger partial charge in [0.1, 0.15) is 5.75 Å². The Kier molecular flexibility index (Phi) is 5.62. The highest BCUT2D eigenvalue weighted by atomic mass is 32.2. The van der Waals surface area contributed by atoms with Crippen molar-refractivity contribution < 1.29 is 17.9 Å². The minimum atomic E-state index is -3.08. The van der Waals surface area contributed by atoms with Crippen molar-refractivity contribution in [2.75, 3.05) is 18.1 Å². The van der Waals surface area contributed by atoms with Crippen molar-refractivity contribution in [3.63, 3.8) is 0 Å². The molecule has 1 aromatic carbocycles. The summed E-state index contributed by atoms with van der Waals surface area (Å²) in [6.45, 7) is 5.54. The third-order valence-electron chi connectivity index (χ3n) is 3.90. The lowest BCUT2D eigenvalue weighted by atomic mass is 10.2. The van der Waals surface area contributed by atoms with Crippen LogP contribution in [0.4, 0.5) is 0 Å². The summed E-state index contributed by atoms with van der Waals surface area (Å²) in [6.07, 6.45) is 1.25. The first-order valence-electron chi connectivity index (χ1n) is 7.65. The SMILES string of the molecule is C=CCN(C(=O)[C@@H](C)Oc1ccc(C#N)cc1)[C@H]1CCS(=O)(=O)C1. The maximum Gasteiger partial charge on any atom is 0.263 e. The molecule has 1 fully saturated rings. The van der Waals surface area contributed by atoms with Gasteiger partial charge in [0.15, 0.2) is 15.9 Å². The number of hydrogen-bond donors (Lipinski definition) is 0. The summed E-state index contributed by atoms with van der Waals surface area (Å²) in [4.78, 5) is 14.2. The summed E-state index contributed by atoms with van der Waals surface area (Å²) >= 11 is 0. The number of carbonyl (C=O) groups excluding carboxylic acids is 1. The molecule has 0 spiro atoms. The first-order chi connectivity index (χ1) is 11.4. The molecule has 0 saturated carbocycles. The average Bonchev–Trinajstić information content (AvgIpc) is 2.92. The van der Waals surface area contributed by atoms with Crippen molar-refractivity contribution in [3.05, 3.63) is 42.5 Å². The van der Waals surface area contributed by atoms with Gasteiger partial charge in [-0.05, 0) is 37.6 Å². The summed E-state index contributed by atoms with van der Waals surface area (Å²) in [6, 6.07) is 8.14. The molecule has 6 nitrogen and oxygen atoms in total. The third-order valence-corrected chi connectivity index (χ3v) is 5.65. The van der Waals surface area contributed by atoms with Crippen LogP contribution in [0.5, 0.6) is 5.75 Å². The van der Waals surface area contributed by atoms with Crippen LogP contribution in [-0.4, -0.2) is 49.4 Å². The number of hydrogen-bond acceptors (Lipinski definition) is 5. The van der Waals surface area contributed by atoms with Crippen molar-refractivity contribution in [2.24, 2.45) is 0 Å². The highest BCUT2D eigenvalue weighted by Gasteiger charge is 2.36. The number of sulfone groups is 1. The van der Waals surface area contributed by atoms with Crippen LogP contribution in [0.1, 0.15) is 18.9 Å². The van der Waals surface area contributed by atoms with Gasteiger partial charge in [-0.3, -0.25) is 4.79 Å². The van der Waals surface area contributed by atoms with Gasteiger partial charge in [0.05, 0.1) is 23.1 Å². The van der Waals surface area contributed by atoms with Crippen LogP contribution in [0.3, 0.4) is 0 Å². The van der Waals surface area contributed by atoms with Gasteiger partial charge in [0, 0.05) is 12.6 Å². The maximum atomic E-state index is 12.7. The number of nitriles is 1. The Morgan fingerprint density at radius 3 is 2.67 bits per heavy atom. The molecular formula is C17H20N2O4S. The fourth-order valence-corrected chi connectivity index (χ4v) is 4.41. The molecule has 1 aromatic rings. The number of rotatable bonds is 6. The molecule has 0 aromatic heterocycles. The van der Waals surface area contributed by atoms with Crippen molar-refractivity contribution in [1.82, 2.24) is 4.90 Å². The molecule has 1 aliphatic rings. The summed E-state index contributed by atoms with van der Waals surface area (Å²) < 4.78 is 29.0. The highest BCUT2D eigenvalue weighted by molar-refractivity contribution is 7.91. The molecule has 1 amide bonds. The monoisotopic (exact) mass is 348 g/mol. The Morgan fingerprint density at radius 1 is 1.50 bits per heavy atom. The van der Waals surface area contributed by atoms with Crippen molar-refractivity contribution >= 4 is 15.7 Å². The van der Waals surface area contributed by atoms with Gasteiger partial charge in [0.2, 0.25) is 0 Å². The summed E-state index contributed by atoms with van der Waals surface area (Å²) in [7, 11) is -3.08. The van der Waals surface area contributed by atoms with Crippen molar-refractivity contribution in [1.29, 1.82) is 5.26 Å². The topological polar surface area (TPSA) is 87.5 Å². The first kappa shape index (κ1) is 18.0. The molecule has 7 heteroatoms. The van der Waals surface area contributed by atoms with E-state index in [0.29, 0.717) is 17.7 Å². The molecule has 24 heavy (non-hydrogen) atoms. The largest absolute Gasteiger partial charge is 0.481 e. The second kappa shape index (κ2) is 7.49. The van der Waals surface area contributed by atoms with Crippen molar-refractivity contribution in [2.45, 2.75) is 25.5 Å². The molecule has 0 aliphatic carbocycles. The number of nitrogens with zero attached hydrogens (tertiary/aromatic N) is 2. The number of carbonyl (C=O) groups is 1. The molecule has 0 N–H and O–H groups in total. The Labute approximate surface area is 142 Å². The van der Waals surface area contributed by atoms with Gasteiger partial charge < -0.3 is 9.64 Å². The summed E-state index contributed by atoms with van der Waals surface area (Å²) in [5, 5.41) is 8.78. The fraction of sp³-hybridized carbons (Fsp3) is 0.412. The molecular weight excluding hydrogens is 328 g/mol. The second-order valence-corrected chi connectivity index (χ2v) is 7.96. The van der Waals surface area contributed by atoms with Gasteiger partial charge in [0.25, 0.3) is 5.91 Å². The lowest BCUT2D eigenvalue weighted by Gasteiger charge is -2.29. The molecule has 0 radical (unpaired) electrons. The highest BCUT2D eigenvalue weighted by Crippen LogP contribution is 2.20. The normalized spacial score (nSPS) is 19.9. The van der Waals surface area contributed by atoms with Crippen LogP contribution in [0, 0.1) is 11.3 Å². The van der Waals surface area contributed by atoms with Crippen LogP contribution in [-0.2, 0) is 14.6 Å². The van der Waals surface area contributed by atoms with E-state index >= 15 is 0 Å². The van der Waals surface area contributed by atoms with Crippen LogP contribution >= 0.6 is 0 Å². The lowest BCUT2D eigenvalue weighted by Crippen LogP contribution is -2.47. The Bertz CT molecular complexity index is 750. The van der Waals surface area contributed by atoms with E-state index in [0.717, 1.165) is 0 Å². The minimum Gasteiger partial charge on any atom is -0.481 e.